The van der Waals surface area contributed by atoms with Gasteiger partial charge in [0.05, 0.1) is 6.54 Å². The average Bonchev–Trinajstić information content (AvgIpc) is 1.96. The van der Waals surface area contributed by atoms with Gasteiger partial charge in [0.2, 0.25) is 0 Å². The Labute approximate surface area is 70.7 Å². The molecule has 0 aliphatic heterocycles. The number of aliphatic carboxylic acids is 1. The van der Waals surface area contributed by atoms with E-state index < -0.39 is 5.97 Å². The first-order valence-electron chi connectivity index (χ1n) is 3.61. The molecular weight excluding hydrogens is 162 g/mol. The summed E-state index contributed by atoms with van der Waals surface area (Å²) in [6, 6.07) is -0.134. The molecule has 0 aromatic rings. The largest absolute Gasteiger partial charge is 0.480 e. The van der Waals surface area contributed by atoms with Crippen molar-refractivity contribution in [3.8, 4) is 0 Å². The fourth-order valence-electron chi connectivity index (χ4n) is 0.563. The van der Waals surface area contributed by atoms with Gasteiger partial charge in [-0.3, -0.25) is 9.59 Å². The maximum absolute atomic E-state index is 10.3. The van der Waals surface area contributed by atoms with Gasteiger partial charge >= 0.3 is 11.9 Å². The van der Waals surface area contributed by atoms with Gasteiger partial charge in [-0.2, -0.15) is 0 Å². The molecule has 0 aliphatic rings. The van der Waals surface area contributed by atoms with Crippen molar-refractivity contribution in [1.29, 1.82) is 0 Å². The van der Waals surface area contributed by atoms with E-state index in [4.69, 9.17) is 5.11 Å². The minimum atomic E-state index is -0.926. The number of hydrogen-bond acceptors (Lipinski definition) is 4. The van der Waals surface area contributed by atoms with Gasteiger partial charge < -0.3 is 15.2 Å². The number of hydrogen-bond donors (Lipinski definition) is 2. The van der Waals surface area contributed by atoms with E-state index >= 15 is 0 Å². The lowest BCUT2D eigenvalue weighted by atomic mass is 10.3. The molecule has 0 saturated carbocycles. The fraction of sp³-hybridized carbons (Fsp3) is 0.714. The van der Waals surface area contributed by atoms with Crippen LogP contribution in [0.3, 0.4) is 0 Å². The summed E-state index contributed by atoms with van der Waals surface area (Å²) in [7, 11) is 0. The molecular formula is C7H13NO4. The first-order chi connectivity index (χ1) is 5.52. The molecule has 0 bridgehead atoms. The Morgan fingerprint density at radius 1 is 1.58 bits per heavy atom. The number of esters is 1. The van der Waals surface area contributed by atoms with Crippen molar-refractivity contribution >= 4 is 11.9 Å². The van der Waals surface area contributed by atoms with Crippen molar-refractivity contribution in [3.63, 3.8) is 0 Å². The number of carbonyl (C=O) groups is 2. The third kappa shape index (κ3) is 7.01. The van der Waals surface area contributed by atoms with Crippen LogP contribution in [0.1, 0.15) is 13.8 Å². The van der Waals surface area contributed by atoms with Crippen LogP contribution in [0.2, 0.25) is 0 Å². The molecule has 1 atom stereocenters. The molecule has 0 rings (SSSR count). The van der Waals surface area contributed by atoms with E-state index in [-0.39, 0.29) is 25.2 Å². The summed E-state index contributed by atoms with van der Waals surface area (Å²) in [5.41, 5.74) is 0. The molecule has 0 aromatic heterocycles. The minimum absolute atomic E-state index is 0.123. The lowest BCUT2D eigenvalue weighted by molar-refractivity contribution is -0.141. The predicted molar refractivity (Wildman–Crippen MR) is 41.7 cm³/mol. The van der Waals surface area contributed by atoms with E-state index in [1.165, 1.54) is 6.92 Å². The van der Waals surface area contributed by atoms with E-state index in [1.54, 1.807) is 6.92 Å². The smallest absolute Gasteiger partial charge is 0.317 e. The lowest BCUT2D eigenvalue weighted by Gasteiger charge is -2.11. The van der Waals surface area contributed by atoms with E-state index in [9.17, 15) is 9.59 Å². The zero-order chi connectivity index (χ0) is 9.56. The number of carbonyl (C=O) groups excluding carboxylic acids is 1. The zero-order valence-corrected chi connectivity index (χ0v) is 7.16. The summed E-state index contributed by atoms with van der Waals surface area (Å²) in [6.45, 7) is 3.13. The molecule has 12 heavy (non-hydrogen) atoms. The molecule has 0 amide bonds. The molecule has 0 spiro atoms. The molecule has 0 saturated heterocycles. The zero-order valence-electron chi connectivity index (χ0n) is 7.16. The van der Waals surface area contributed by atoms with E-state index in [2.05, 4.69) is 10.1 Å². The highest BCUT2D eigenvalue weighted by atomic mass is 16.5. The van der Waals surface area contributed by atoms with E-state index in [0.29, 0.717) is 0 Å². The van der Waals surface area contributed by atoms with Gasteiger partial charge in [-0.25, -0.2) is 0 Å². The second-order valence-corrected chi connectivity index (χ2v) is 2.48. The van der Waals surface area contributed by atoms with E-state index in [0.717, 1.165) is 0 Å². The molecule has 5 heteroatoms. The van der Waals surface area contributed by atoms with Crippen LogP contribution in [0.4, 0.5) is 0 Å². The lowest BCUT2D eigenvalue weighted by Crippen LogP contribution is -2.35. The highest BCUT2D eigenvalue weighted by molar-refractivity contribution is 5.69. The highest BCUT2D eigenvalue weighted by Crippen LogP contribution is 1.84. The van der Waals surface area contributed by atoms with Gasteiger partial charge in [-0.15, -0.1) is 0 Å². The summed E-state index contributed by atoms with van der Waals surface area (Å²) in [5.74, 6) is -1.29. The van der Waals surface area contributed by atoms with Crippen LogP contribution >= 0.6 is 0 Å². The molecule has 5 nitrogen and oxygen atoms in total. The normalized spacial score (nSPS) is 12.2. The standard InChI is InChI=1S/C7H13NO4/c1-5(4-12-6(2)9)8-3-7(10)11/h5,8H,3-4H2,1-2H3,(H,10,11). The van der Waals surface area contributed by atoms with Gasteiger partial charge in [0.1, 0.15) is 6.61 Å². The Kier molecular flexibility index (Phi) is 5.03. The number of carboxylic acids is 1. The van der Waals surface area contributed by atoms with Crippen molar-refractivity contribution in [1.82, 2.24) is 5.32 Å². The van der Waals surface area contributed by atoms with Crippen LogP contribution in [-0.2, 0) is 14.3 Å². The second-order valence-electron chi connectivity index (χ2n) is 2.48. The van der Waals surface area contributed by atoms with Crippen LogP contribution in [0.5, 0.6) is 0 Å². The Bertz CT molecular complexity index is 151. The number of nitrogens with one attached hydrogen (secondary N) is 1. The van der Waals surface area contributed by atoms with Gasteiger partial charge in [-0.1, -0.05) is 0 Å². The van der Waals surface area contributed by atoms with Crippen molar-refractivity contribution < 1.29 is 19.4 Å². The van der Waals surface area contributed by atoms with Gasteiger partial charge in [0.25, 0.3) is 0 Å². The summed E-state index contributed by atoms with van der Waals surface area (Å²) < 4.78 is 4.64. The molecule has 0 aliphatic carbocycles. The van der Waals surface area contributed by atoms with Crippen molar-refractivity contribution in [2.75, 3.05) is 13.2 Å². The number of ether oxygens (including phenoxy) is 1. The average molecular weight is 175 g/mol. The number of rotatable bonds is 5. The topological polar surface area (TPSA) is 75.6 Å². The molecule has 0 radical (unpaired) electrons. The quantitative estimate of drug-likeness (QED) is 0.557. The van der Waals surface area contributed by atoms with Gasteiger partial charge in [0.15, 0.2) is 0 Å². The van der Waals surface area contributed by atoms with Crippen LogP contribution in [-0.4, -0.2) is 36.2 Å². The summed E-state index contributed by atoms with van der Waals surface area (Å²) in [5, 5.41) is 10.9. The first kappa shape index (κ1) is 10.9. The molecule has 2 N–H and O–H groups in total. The van der Waals surface area contributed by atoms with Gasteiger partial charge in [0, 0.05) is 13.0 Å². The summed E-state index contributed by atoms with van der Waals surface area (Å²) >= 11 is 0. The maximum Gasteiger partial charge on any atom is 0.317 e. The molecule has 0 aromatic carbocycles. The van der Waals surface area contributed by atoms with Crippen molar-refractivity contribution in [3.05, 3.63) is 0 Å². The minimum Gasteiger partial charge on any atom is -0.480 e. The Balaban J connectivity index is 3.39. The van der Waals surface area contributed by atoms with Crippen LogP contribution in [0.25, 0.3) is 0 Å². The Morgan fingerprint density at radius 2 is 2.17 bits per heavy atom. The monoisotopic (exact) mass is 175 g/mol. The van der Waals surface area contributed by atoms with Crippen LogP contribution in [0, 0.1) is 0 Å². The molecule has 0 heterocycles. The first-order valence-corrected chi connectivity index (χ1v) is 3.61. The molecule has 0 fully saturated rings. The Morgan fingerprint density at radius 3 is 2.58 bits per heavy atom. The third-order valence-corrected chi connectivity index (χ3v) is 1.14. The summed E-state index contributed by atoms with van der Waals surface area (Å²) in [4.78, 5) is 20.4. The number of carboxylic acid groups (broad SMARTS) is 1. The third-order valence-electron chi connectivity index (χ3n) is 1.14. The highest BCUT2D eigenvalue weighted by Gasteiger charge is 2.04. The molecule has 1 unspecified atom stereocenters. The van der Waals surface area contributed by atoms with Crippen LogP contribution in [0.15, 0.2) is 0 Å². The van der Waals surface area contributed by atoms with E-state index in [1.807, 2.05) is 0 Å². The van der Waals surface area contributed by atoms with Crippen molar-refractivity contribution in [2.45, 2.75) is 19.9 Å². The molecule has 70 valence electrons. The summed E-state index contributed by atoms with van der Waals surface area (Å²) in [6.07, 6.45) is 0. The van der Waals surface area contributed by atoms with Crippen molar-refractivity contribution in [2.24, 2.45) is 0 Å². The van der Waals surface area contributed by atoms with Gasteiger partial charge in [-0.05, 0) is 6.92 Å². The Hall–Kier alpha value is -1.10. The maximum atomic E-state index is 10.3. The van der Waals surface area contributed by atoms with Crippen LogP contribution < -0.4 is 5.32 Å². The predicted octanol–water partition coefficient (Wildman–Crippen LogP) is -0.388. The SMILES string of the molecule is CC(=O)OCC(C)NCC(=O)O. The second kappa shape index (κ2) is 5.54. The fourth-order valence-corrected chi connectivity index (χ4v) is 0.563.